The zero-order valence-corrected chi connectivity index (χ0v) is 25.0. The number of nitrogen functional groups attached to an aromatic ring is 1. The molecule has 242 valence electrons. The van der Waals surface area contributed by atoms with E-state index < -0.39 is 64.5 Å². The molecule has 7 N–H and O–H groups in total. The predicted molar refractivity (Wildman–Crippen MR) is 167 cm³/mol. The summed E-state index contributed by atoms with van der Waals surface area (Å²) >= 11 is 6.44. The Morgan fingerprint density at radius 1 is 1.13 bits per heavy atom. The minimum absolute atomic E-state index is 0.0459. The molecule has 0 spiro atoms. The van der Waals surface area contributed by atoms with Crippen molar-refractivity contribution in [3.05, 3.63) is 99.9 Å². The van der Waals surface area contributed by atoms with Crippen molar-refractivity contribution >= 4 is 61.6 Å². The van der Waals surface area contributed by atoms with Crippen molar-refractivity contribution in [1.82, 2.24) is 10.7 Å². The molecule has 0 saturated carbocycles. The van der Waals surface area contributed by atoms with Crippen molar-refractivity contribution in [3.63, 3.8) is 0 Å². The normalized spacial score (nSPS) is 17.9. The number of benzene rings is 3. The van der Waals surface area contributed by atoms with Crippen molar-refractivity contribution in [2.75, 3.05) is 22.3 Å². The smallest absolute Gasteiger partial charge is 0.398 e. The van der Waals surface area contributed by atoms with E-state index >= 15 is 4.39 Å². The van der Waals surface area contributed by atoms with E-state index in [9.17, 15) is 31.4 Å². The molecule has 0 aromatic heterocycles. The molecule has 0 bridgehead atoms. The number of hydrogen-bond acceptors (Lipinski definition) is 7. The molecule has 3 aromatic carbocycles. The van der Waals surface area contributed by atoms with Gasteiger partial charge in [-0.25, -0.2) is 28.4 Å². The van der Waals surface area contributed by atoms with Gasteiger partial charge in [-0.1, -0.05) is 24.8 Å². The number of amidine groups is 1. The first kappa shape index (κ1) is 34.0. The Kier molecular flexibility index (Phi) is 8.26. The third-order valence-corrected chi connectivity index (χ3v) is 8.20. The summed E-state index contributed by atoms with van der Waals surface area (Å²) < 4.78 is 99.9. The first-order chi connectivity index (χ1) is 21.7. The third-order valence-electron chi connectivity index (χ3n) is 7.85. The second kappa shape index (κ2) is 11.4. The van der Waals surface area contributed by atoms with E-state index in [-0.39, 0.29) is 56.4 Å². The standard InChI is InChI=1S/C29H23B2ClF7N7O/c1-11-21-22(24(42-11)15-6-13(34)4-5-18(15)32)19(43-26(44-41)16-7-14(35)8-17(23(16)40)28(37,38)39)9-20-25(21)45(10-33)12(2)46(20)29(30,31)27(3,36)47/h4-9,24,42,47H,1-2,10,40-41H2,3H3,(H,43,44). The lowest BCUT2D eigenvalue weighted by Gasteiger charge is -2.44. The summed E-state index contributed by atoms with van der Waals surface area (Å²) in [5.74, 6) is -0.621. The van der Waals surface area contributed by atoms with Crippen LogP contribution in [-0.2, 0) is 6.18 Å². The highest BCUT2D eigenvalue weighted by atomic mass is 35.5. The minimum atomic E-state index is -5.07. The number of rotatable bonds is 6. The van der Waals surface area contributed by atoms with Crippen LogP contribution in [0.25, 0.3) is 5.70 Å². The van der Waals surface area contributed by atoms with Crippen molar-refractivity contribution in [2.45, 2.75) is 30.3 Å². The van der Waals surface area contributed by atoms with Crippen LogP contribution in [0, 0.1) is 11.6 Å². The molecular weight excluding hydrogens is 652 g/mol. The summed E-state index contributed by atoms with van der Waals surface area (Å²) in [5.41, 5.74) is 4.78. The fraction of sp³-hybridized carbons (Fsp3) is 0.207. The fourth-order valence-electron chi connectivity index (χ4n) is 5.55. The van der Waals surface area contributed by atoms with E-state index in [1.54, 1.807) is 0 Å². The Hall–Kier alpha value is -4.34. The Bertz CT molecular complexity index is 1860. The van der Waals surface area contributed by atoms with Gasteiger partial charge in [0, 0.05) is 38.3 Å². The van der Waals surface area contributed by atoms with Gasteiger partial charge in [0.15, 0.2) is 6.80 Å². The van der Waals surface area contributed by atoms with E-state index in [0.717, 1.165) is 28.0 Å². The van der Waals surface area contributed by atoms with Gasteiger partial charge in [-0.05, 0) is 43.3 Å². The molecule has 0 amide bonds. The monoisotopic (exact) mass is 675 g/mol. The number of anilines is 3. The average molecular weight is 676 g/mol. The maximum absolute atomic E-state index is 15.1. The molecule has 2 aliphatic heterocycles. The van der Waals surface area contributed by atoms with E-state index in [2.05, 4.69) is 28.9 Å². The van der Waals surface area contributed by atoms with Crippen LogP contribution < -0.4 is 32.1 Å². The summed E-state index contributed by atoms with van der Waals surface area (Å²) in [6, 6.07) is 4.36. The number of alkyl halides is 5. The fourth-order valence-corrected chi connectivity index (χ4v) is 5.78. The molecule has 2 unspecified atom stereocenters. The first-order valence-electron chi connectivity index (χ1n) is 13.4. The van der Waals surface area contributed by atoms with Crippen molar-refractivity contribution < 1.29 is 35.8 Å². The molecule has 4 radical (unpaired) electrons. The number of fused-ring (bicyclic) bond motifs is 3. The van der Waals surface area contributed by atoms with Crippen molar-refractivity contribution in [2.24, 2.45) is 10.8 Å². The van der Waals surface area contributed by atoms with Gasteiger partial charge in [-0.3, -0.25) is 4.90 Å². The number of hydrazine groups is 1. The van der Waals surface area contributed by atoms with E-state index in [1.165, 1.54) is 6.07 Å². The largest absolute Gasteiger partial charge is 0.418 e. The average Bonchev–Trinajstić information content (AvgIpc) is 3.45. The van der Waals surface area contributed by atoms with Crippen LogP contribution in [0.15, 0.2) is 60.4 Å². The summed E-state index contributed by atoms with van der Waals surface area (Å²) in [6.07, 6.45) is -5.07. The van der Waals surface area contributed by atoms with Crippen molar-refractivity contribution in [3.8, 4) is 0 Å². The molecule has 0 fully saturated rings. The minimum Gasteiger partial charge on any atom is -0.398 e. The number of halogens is 8. The number of hydrogen-bond donors (Lipinski definition) is 5. The van der Waals surface area contributed by atoms with Crippen LogP contribution in [0.5, 0.6) is 0 Å². The highest BCUT2D eigenvalue weighted by molar-refractivity contribution is 6.43. The molecule has 0 saturated heterocycles. The Labute approximate surface area is 271 Å². The van der Waals surface area contributed by atoms with Gasteiger partial charge >= 0.3 is 6.18 Å². The van der Waals surface area contributed by atoms with E-state index in [1.807, 2.05) is 0 Å². The van der Waals surface area contributed by atoms with Crippen LogP contribution in [0.2, 0.25) is 5.02 Å². The van der Waals surface area contributed by atoms with E-state index in [4.69, 9.17) is 38.9 Å². The highest BCUT2D eigenvalue weighted by Crippen LogP contribution is 2.57. The third kappa shape index (κ3) is 5.45. The van der Waals surface area contributed by atoms with Gasteiger partial charge in [0.05, 0.1) is 50.0 Å². The van der Waals surface area contributed by atoms with Gasteiger partial charge in [0.2, 0.25) is 5.85 Å². The lowest BCUT2D eigenvalue weighted by Crippen LogP contribution is -2.62. The topological polar surface area (TPSA) is 115 Å². The van der Waals surface area contributed by atoms with Gasteiger partial charge < -0.3 is 26.5 Å². The number of nitrogens with two attached hydrogens (primary N) is 2. The first-order valence-corrected chi connectivity index (χ1v) is 13.8. The summed E-state index contributed by atoms with van der Waals surface area (Å²) in [7, 11) is 12.1. The van der Waals surface area contributed by atoms with E-state index in [0.29, 0.717) is 13.0 Å². The van der Waals surface area contributed by atoms with Gasteiger partial charge in [0.25, 0.3) is 0 Å². The molecule has 3 aromatic rings. The second-order valence-corrected chi connectivity index (χ2v) is 11.3. The molecule has 2 aliphatic rings. The lowest BCUT2D eigenvalue weighted by molar-refractivity contribution is -0.137. The van der Waals surface area contributed by atoms with Gasteiger partial charge in [-0.2, -0.15) is 13.2 Å². The van der Waals surface area contributed by atoms with Gasteiger partial charge in [-0.15, -0.1) is 0 Å². The predicted octanol–water partition coefficient (Wildman–Crippen LogP) is 5.12. The number of aliphatic imine (C=N–C) groups is 1. The molecule has 2 atom stereocenters. The Balaban J connectivity index is 1.90. The Morgan fingerprint density at radius 3 is 2.36 bits per heavy atom. The van der Waals surface area contributed by atoms with Crippen LogP contribution in [0.4, 0.5) is 53.5 Å². The molecule has 47 heavy (non-hydrogen) atoms. The molecule has 18 heteroatoms. The zero-order chi connectivity index (χ0) is 35.0. The quantitative estimate of drug-likeness (QED) is 0.0361. The maximum Gasteiger partial charge on any atom is 0.418 e. The molecular formula is C29H23B2ClF7N7O. The van der Waals surface area contributed by atoms with Crippen LogP contribution in [-0.4, -0.2) is 44.6 Å². The Morgan fingerprint density at radius 2 is 1.79 bits per heavy atom. The van der Waals surface area contributed by atoms with Crippen LogP contribution in [0.3, 0.4) is 0 Å². The SMILES string of the molecule is [B]C([B])(N1C(=C)N(CF)c2c1cc(N=C(NN)c1cc(F)cc(C(F)(F)F)c1N)c1c2C(=C)NC1c1cc(F)ccc1Cl)C(C)(O)F. The number of nitrogens with one attached hydrogen (secondary N) is 2. The molecule has 0 aliphatic carbocycles. The van der Waals surface area contributed by atoms with Crippen LogP contribution in [0.1, 0.15) is 40.8 Å². The van der Waals surface area contributed by atoms with Crippen LogP contribution >= 0.6 is 11.6 Å². The summed E-state index contributed by atoms with van der Waals surface area (Å²) in [5, 5.41) is 10.5. The molecule has 2 heterocycles. The molecule has 8 nitrogen and oxygen atoms in total. The highest BCUT2D eigenvalue weighted by Gasteiger charge is 2.51. The lowest BCUT2D eigenvalue weighted by atomic mass is 9.56. The summed E-state index contributed by atoms with van der Waals surface area (Å²) in [6.45, 7) is 7.11. The second-order valence-electron chi connectivity index (χ2n) is 10.9. The maximum atomic E-state index is 15.1. The number of aliphatic hydroxyl groups is 1. The zero-order valence-electron chi connectivity index (χ0n) is 24.3. The summed E-state index contributed by atoms with van der Waals surface area (Å²) in [4.78, 5) is 6.10. The van der Waals surface area contributed by atoms with Crippen molar-refractivity contribution in [1.29, 1.82) is 0 Å². The molecule has 5 rings (SSSR count). The number of nitrogens with zero attached hydrogens (tertiary/aromatic N) is 3. The van der Waals surface area contributed by atoms with Gasteiger partial charge in [0.1, 0.15) is 23.3 Å².